The van der Waals surface area contributed by atoms with Gasteiger partial charge >= 0.3 is 5.97 Å². The van der Waals surface area contributed by atoms with Crippen molar-refractivity contribution >= 4 is 34.5 Å². The second kappa shape index (κ2) is 9.54. The molecule has 0 saturated carbocycles. The predicted octanol–water partition coefficient (Wildman–Crippen LogP) is 1.99. The first-order chi connectivity index (χ1) is 15.6. The van der Waals surface area contributed by atoms with Crippen LogP contribution < -0.4 is 15.8 Å². The highest BCUT2D eigenvalue weighted by Gasteiger charge is 2.17. The molecule has 0 unspecified atom stereocenters. The number of anilines is 2. The number of fused-ring (bicyclic) bond motifs is 1. The van der Waals surface area contributed by atoms with E-state index in [0.717, 1.165) is 25.9 Å². The molecule has 3 aromatic rings. The van der Waals surface area contributed by atoms with E-state index >= 15 is 0 Å². The van der Waals surface area contributed by atoms with E-state index in [-0.39, 0.29) is 24.1 Å². The number of benzene rings is 1. The fourth-order valence-electron chi connectivity index (χ4n) is 3.63. The van der Waals surface area contributed by atoms with Gasteiger partial charge in [-0.05, 0) is 38.3 Å². The molecule has 1 amide bonds. The number of para-hydroxylation sites is 1. The Kier molecular flexibility index (Phi) is 6.39. The number of esters is 1. The third kappa shape index (κ3) is 4.58. The van der Waals surface area contributed by atoms with Crippen molar-refractivity contribution in [2.45, 2.75) is 32.7 Å². The summed E-state index contributed by atoms with van der Waals surface area (Å²) in [6.45, 7) is 3.43. The van der Waals surface area contributed by atoms with E-state index in [2.05, 4.69) is 25.2 Å². The molecule has 1 N–H and O–H groups in total. The molecule has 2 aromatic heterocycles. The van der Waals surface area contributed by atoms with Crippen molar-refractivity contribution in [2.75, 3.05) is 29.9 Å². The molecule has 3 heterocycles. The lowest BCUT2D eigenvalue weighted by atomic mass is 10.1. The van der Waals surface area contributed by atoms with Gasteiger partial charge in [-0.1, -0.05) is 12.1 Å². The second-order valence-electron chi connectivity index (χ2n) is 7.45. The Morgan fingerprint density at radius 2 is 1.91 bits per heavy atom. The summed E-state index contributed by atoms with van der Waals surface area (Å²) in [6.07, 6.45) is 6.13. The maximum Gasteiger partial charge on any atom is 0.340 e. The first-order valence-corrected chi connectivity index (χ1v) is 10.6. The first-order valence-electron chi connectivity index (χ1n) is 10.6. The van der Waals surface area contributed by atoms with E-state index in [4.69, 9.17) is 4.74 Å². The van der Waals surface area contributed by atoms with Gasteiger partial charge in [-0.3, -0.25) is 14.2 Å². The smallest absolute Gasteiger partial charge is 0.340 e. The highest BCUT2D eigenvalue weighted by atomic mass is 16.5. The summed E-state index contributed by atoms with van der Waals surface area (Å²) in [7, 11) is 0. The molecule has 1 aromatic carbocycles. The molecule has 0 aliphatic carbocycles. The summed E-state index contributed by atoms with van der Waals surface area (Å²) in [5, 5.41) is 2.90. The van der Waals surface area contributed by atoms with Crippen molar-refractivity contribution in [3.63, 3.8) is 0 Å². The van der Waals surface area contributed by atoms with Crippen molar-refractivity contribution in [1.82, 2.24) is 19.5 Å². The molecular weight excluding hydrogens is 412 g/mol. The predicted molar refractivity (Wildman–Crippen MR) is 119 cm³/mol. The van der Waals surface area contributed by atoms with E-state index in [9.17, 15) is 14.4 Å². The van der Waals surface area contributed by atoms with Crippen LogP contribution in [0.4, 0.5) is 11.6 Å². The van der Waals surface area contributed by atoms with E-state index in [0.29, 0.717) is 17.3 Å². The number of nitrogens with one attached hydrogen (secondary N) is 1. The number of hydrogen-bond acceptors (Lipinski definition) is 8. The van der Waals surface area contributed by atoms with Crippen LogP contribution in [0.1, 0.15) is 36.5 Å². The maximum atomic E-state index is 12.8. The number of nitrogens with zero attached hydrogens (tertiary/aromatic N) is 5. The van der Waals surface area contributed by atoms with Gasteiger partial charge < -0.3 is 15.0 Å². The zero-order valence-corrected chi connectivity index (χ0v) is 17.8. The highest BCUT2D eigenvalue weighted by molar-refractivity contribution is 6.01. The molecule has 0 radical (unpaired) electrons. The van der Waals surface area contributed by atoms with Gasteiger partial charge in [0.05, 0.1) is 17.9 Å². The molecule has 10 nitrogen and oxygen atoms in total. The number of piperidine rings is 1. The van der Waals surface area contributed by atoms with Crippen molar-refractivity contribution in [1.29, 1.82) is 0 Å². The molecule has 32 heavy (non-hydrogen) atoms. The number of hydrogen-bond donors (Lipinski definition) is 1. The number of carbonyl (C=O) groups is 2. The Hall–Kier alpha value is -3.82. The number of aromatic nitrogens is 4. The van der Waals surface area contributed by atoms with Crippen LogP contribution in [0.3, 0.4) is 0 Å². The number of rotatable bonds is 6. The number of ether oxygens (including phenoxy) is 1. The lowest BCUT2D eigenvalue weighted by Crippen LogP contribution is -2.32. The molecule has 166 valence electrons. The van der Waals surface area contributed by atoms with Crippen LogP contribution in [0.2, 0.25) is 0 Å². The Morgan fingerprint density at radius 1 is 1.12 bits per heavy atom. The fourth-order valence-corrected chi connectivity index (χ4v) is 3.63. The van der Waals surface area contributed by atoms with Crippen LogP contribution in [0, 0.1) is 0 Å². The lowest BCUT2D eigenvalue weighted by Gasteiger charge is -2.26. The van der Waals surface area contributed by atoms with Crippen LogP contribution in [0.5, 0.6) is 0 Å². The average molecular weight is 436 g/mol. The van der Waals surface area contributed by atoms with Gasteiger partial charge in [-0.25, -0.2) is 14.8 Å². The molecule has 4 rings (SSSR count). The molecule has 0 atom stereocenters. The lowest BCUT2D eigenvalue weighted by molar-refractivity contribution is -0.116. The minimum absolute atomic E-state index is 0.223. The van der Waals surface area contributed by atoms with Gasteiger partial charge in [-0.2, -0.15) is 4.98 Å². The van der Waals surface area contributed by atoms with Gasteiger partial charge in [0.25, 0.3) is 5.56 Å². The average Bonchev–Trinajstić information content (AvgIpc) is 2.82. The van der Waals surface area contributed by atoms with Crippen LogP contribution in [-0.2, 0) is 16.1 Å². The van der Waals surface area contributed by atoms with Gasteiger partial charge in [0.15, 0.2) is 5.65 Å². The Labute approximate surface area is 184 Å². The Balaban J connectivity index is 1.52. The molecule has 1 fully saturated rings. The van der Waals surface area contributed by atoms with Crippen molar-refractivity contribution in [3.8, 4) is 0 Å². The van der Waals surface area contributed by atoms with Crippen molar-refractivity contribution in [3.05, 3.63) is 52.7 Å². The Bertz CT molecular complexity index is 1200. The standard InChI is InChI=1S/C22H24N6O4/c1-2-32-21(31)15-8-4-5-9-17(15)25-18(29)13-28-14-24-19-16(20(28)30)12-23-22(26-19)27-10-6-3-7-11-27/h4-5,8-9,12,14H,2-3,6-7,10-11,13H2,1H3,(H,25,29). The maximum absolute atomic E-state index is 12.8. The van der Waals surface area contributed by atoms with Crippen LogP contribution in [0.15, 0.2) is 41.6 Å². The summed E-state index contributed by atoms with van der Waals surface area (Å²) in [5.74, 6) is -0.444. The van der Waals surface area contributed by atoms with Crippen molar-refractivity contribution < 1.29 is 14.3 Å². The van der Waals surface area contributed by atoms with Crippen molar-refractivity contribution in [2.24, 2.45) is 0 Å². The summed E-state index contributed by atoms with van der Waals surface area (Å²) in [5.41, 5.74) is 0.446. The normalized spacial score (nSPS) is 13.7. The molecule has 0 spiro atoms. The summed E-state index contributed by atoms with van der Waals surface area (Å²) in [4.78, 5) is 52.6. The first kappa shape index (κ1) is 21.4. The van der Waals surface area contributed by atoms with Crippen LogP contribution >= 0.6 is 0 Å². The molecule has 1 aliphatic rings. The summed E-state index contributed by atoms with van der Waals surface area (Å²) in [6, 6.07) is 6.54. The summed E-state index contributed by atoms with van der Waals surface area (Å²) < 4.78 is 6.21. The minimum atomic E-state index is -0.533. The molecule has 0 bridgehead atoms. The van der Waals surface area contributed by atoms with Gasteiger partial charge in [0.1, 0.15) is 18.3 Å². The number of amides is 1. The molecule has 1 aliphatic heterocycles. The van der Waals surface area contributed by atoms with Gasteiger partial charge in [0.2, 0.25) is 11.9 Å². The van der Waals surface area contributed by atoms with E-state index < -0.39 is 17.4 Å². The van der Waals surface area contributed by atoms with Crippen LogP contribution in [0.25, 0.3) is 11.0 Å². The SMILES string of the molecule is CCOC(=O)c1ccccc1NC(=O)Cn1cnc2nc(N3CCCCC3)ncc2c1=O. The zero-order chi connectivity index (χ0) is 22.5. The Morgan fingerprint density at radius 3 is 2.69 bits per heavy atom. The third-order valence-electron chi connectivity index (χ3n) is 5.22. The van der Waals surface area contributed by atoms with Gasteiger partial charge in [0, 0.05) is 19.3 Å². The monoisotopic (exact) mass is 436 g/mol. The van der Waals surface area contributed by atoms with E-state index in [1.54, 1.807) is 31.2 Å². The summed E-state index contributed by atoms with van der Waals surface area (Å²) >= 11 is 0. The van der Waals surface area contributed by atoms with Crippen LogP contribution in [-0.4, -0.2) is 51.1 Å². The molecule has 10 heteroatoms. The molecule has 1 saturated heterocycles. The largest absolute Gasteiger partial charge is 0.462 e. The second-order valence-corrected chi connectivity index (χ2v) is 7.45. The zero-order valence-electron chi connectivity index (χ0n) is 17.8. The third-order valence-corrected chi connectivity index (χ3v) is 5.22. The fraction of sp³-hybridized carbons (Fsp3) is 0.364. The highest BCUT2D eigenvalue weighted by Crippen LogP contribution is 2.18. The van der Waals surface area contributed by atoms with E-state index in [1.165, 1.54) is 23.5 Å². The van der Waals surface area contributed by atoms with E-state index in [1.807, 2.05) is 0 Å². The quantitative estimate of drug-likeness (QED) is 0.583. The topological polar surface area (TPSA) is 119 Å². The van der Waals surface area contributed by atoms with Gasteiger partial charge in [-0.15, -0.1) is 0 Å². The minimum Gasteiger partial charge on any atom is -0.462 e. The number of carbonyl (C=O) groups excluding carboxylic acids is 2. The molecular formula is C22H24N6O4.